The van der Waals surface area contributed by atoms with Crippen LogP contribution in [0.15, 0.2) is 48.5 Å². The van der Waals surface area contributed by atoms with Gasteiger partial charge in [-0.15, -0.1) is 0 Å². The first-order chi connectivity index (χ1) is 13.2. The van der Waals surface area contributed by atoms with Crippen LogP contribution in [0.2, 0.25) is 0 Å². The van der Waals surface area contributed by atoms with E-state index in [0.717, 1.165) is 35.6 Å². The summed E-state index contributed by atoms with van der Waals surface area (Å²) in [5.41, 5.74) is 2.12. The summed E-state index contributed by atoms with van der Waals surface area (Å²) in [6, 6.07) is 15.9. The SMILES string of the molecule is O=C(CF)N1CCN(Cc2ccc(Oc3nc4ccccc4s3)cc2)CC1. The second-order valence-electron chi connectivity index (χ2n) is 6.48. The zero-order valence-electron chi connectivity index (χ0n) is 14.8. The first-order valence-electron chi connectivity index (χ1n) is 8.90. The van der Waals surface area contributed by atoms with Crippen LogP contribution in [-0.2, 0) is 11.3 Å². The number of halogens is 1. The zero-order valence-corrected chi connectivity index (χ0v) is 15.6. The standard InChI is InChI=1S/C20H20FN3O2S/c21-13-19(25)24-11-9-23(10-12-24)14-15-5-7-16(8-6-15)26-20-22-17-3-1-2-4-18(17)27-20/h1-8H,9-14H2. The van der Waals surface area contributed by atoms with Crippen molar-refractivity contribution in [2.75, 3.05) is 32.9 Å². The number of hydrogen-bond donors (Lipinski definition) is 0. The van der Waals surface area contributed by atoms with Gasteiger partial charge in [-0.05, 0) is 29.8 Å². The van der Waals surface area contributed by atoms with Gasteiger partial charge in [0.25, 0.3) is 11.1 Å². The topological polar surface area (TPSA) is 45.7 Å². The van der Waals surface area contributed by atoms with Crippen LogP contribution in [0, 0.1) is 0 Å². The molecule has 1 saturated heterocycles. The molecule has 0 radical (unpaired) electrons. The fourth-order valence-electron chi connectivity index (χ4n) is 3.16. The van der Waals surface area contributed by atoms with Crippen molar-refractivity contribution in [2.24, 2.45) is 0 Å². The third-order valence-electron chi connectivity index (χ3n) is 4.65. The van der Waals surface area contributed by atoms with Crippen molar-refractivity contribution in [1.29, 1.82) is 0 Å². The number of nitrogens with zero attached hydrogens (tertiary/aromatic N) is 3. The Kier molecular flexibility index (Phi) is 5.31. The number of amides is 1. The Hall–Kier alpha value is -2.51. The van der Waals surface area contributed by atoms with Gasteiger partial charge in [0.15, 0.2) is 6.67 Å². The molecule has 1 aliphatic heterocycles. The van der Waals surface area contributed by atoms with Crippen LogP contribution < -0.4 is 4.74 Å². The number of ether oxygens (including phenoxy) is 1. The average molecular weight is 385 g/mol. The molecule has 0 saturated carbocycles. The lowest BCUT2D eigenvalue weighted by atomic mass is 10.2. The molecule has 0 unspecified atom stereocenters. The molecule has 1 aliphatic rings. The maximum Gasteiger partial charge on any atom is 0.279 e. The minimum absolute atomic E-state index is 0.411. The molecular weight excluding hydrogens is 365 g/mol. The van der Waals surface area contributed by atoms with E-state index in [1.54, 1.807) is 4.90 Å². The van der Waals surface area contributed by atoms with Crippen molar-refractivity contribution in [3.05, 3.63) is 54.1 Å². The number of carbonyl (C=O) groups is 1. The molecule has 0 spiro atoms. The van der Waals surface area contributed by atoms with E-state index < -0.39 is 12.6 Å². The predicted octanol–water partition coefficient (Wildman–Crippen LogP) is 3.70. The summed E-state index contributed by atoms with van der Waals surface area (Å²) in [4.78, 5) is 19.7. The van der Waals surface area contributed by atoms with Crippen LogP contribution in [0.3, 0.4) is 0 Å². The van der Waals surface area contributed by atoms with Crippen LogP contribution >= 0.6 is 11.3 Å². The maximum atomic E-state index is 12.4. The number of hydrogen-bond acceptors (Lipinski definition) is 5. The molecule has 2 heterocycles. The van der Waals surface area contributed by atoms with Crippen LogP contribution in [0.5, 0.6) is 10.9 Å². The maximum absolute atomic E-state index is 12.4. The minimum Gasteiger partial charge on any atom is -0.431 e. The highest BCUT2D eigenvalue weighted by Gasteiger charge is 2.20. The van der Waals surface area contributed by atoms with Crippen LogP contribution in [0.25, 0.3) is 10.2 Å². The summed E-state index contributed by atoms with van der Waals surface area (Å²) in [6.07, 6.45) is 0. The van der Waals surface area contributed by atoms with E-state index in [1.807, 2.05) is 48.5 Å². The first kappa shape index (κ1) is 17.9. The number of carbonyl (C=O) groups excluding carboxylic acids is 1. The van der Waals surface area contributed by atoms with Gasteiger partial charge >= 0.3 is 0 Å². The smallest absolute Gasteiger partial charge is 0.279 e. The number of benzene rings is 2. The Labute approximate surface area is 161 Å². The predicted molar refractivity (Wildman–Crippen MR) is 104 cm³/mol. The third kappa shape index (κ3) is 4.26. The molecule has 3 aromatic rings. The lowest BCUT2D eigenvalue weighted by Crippen LogP contribution is -2.48. The van der Waals surface area contributed by atoms with E-state index in [1.165, 1.54) is 16.9 Å². The molecule has 0 atom stereocenters. The summed E-state index contributed by atoms with van der Waals surface area (Å²) in [6.45, 7) is 2.59. The normalized spacial score (nSPS) is 15.2. The number of para-hydroxylation sites is 1. The number of alkyl halides is 1. The second-order valence-corrected chi connectivity index (χ2v) is 7.48. The molecule has 4 rings (SSSR count). The minimum atomic E-state index is -0.907. The van der Waals surface area contributed by atoms with Gasteiger partial charge in [0.05, 0.1) is 10.2 Å². The van der Waals surface area contributed by atoms with Crippen molar-refractivity contribution in [3.63, 3.8) is 0 Å². The van der Waals surface area contributed by atoms with Gasteiger partial charge < -0.3 is 9.64 Å². The molecule has 1 aromatic heterocycles. The van der Waals surface area contributed by atoms with Gasteiger partial charge in [0, 0.05) is 32.7 Å². The molecule has 27 heavy (non-hydrogen) atoms. The number of thiazole rings is 1. The van der Waals surface area contributed by atoms with Crippen LogP contribution in [0.4, 0.5) is 4.39 Å². The number of aromatic nitrogens is 1. The van der Waals surface area contributed by atoms with E-state index in [9.17, 15) is 9.18 Å². The Morgan fingerprint density at radius 2 is 1.81 bits per heavy atom. The molecule has 1 amide bonds. The van der Waals surface area contributed by atoms with Crippen molar-refractivity contribution < 1.29 is 13.9 Å². The molecule has 7 heteroatoms. The molecular formula is C20H20FN3O2S. The fraction of sp³-hybridized carbons (Fsp3) is 0.300. The van der Waals surface area contributed by atoms with Gasteiger partial charge in [0.2, 0.25) is 0 Å². The highest BCUT2D eigenvalue weighted by Crippen LogP contribution is 2.31. The summed E-state index contributed by atoms with van der Waals surface area (Å²) >= 11 is 1.53. The fourth-order valence-corrected chi connectivity index (χ4v) is 3.99. The van der Waals surface area contributed by atoms with Crippen molar-refractivity contribution >= 4 is 27.5 Å². The van der Waals surface area contributed by atoms with Crippen molar-refractivity contribution in [3.8, 4) is 10.9 Å². The Balaban J connectivity index is 1.33. The number of piperazine rings is 1. The van der Waals surface area contributed by atoms with E-state index in [0.29, 0.717) is 18.3 Å². The quantitative estimate of drug-likeness (QED) is 0.672. The Bertz CT molecular complexity index is 887. The lowest BCUT2D eigenvalue weighted by molar-refractivity contribution is -0.133. The Morgan fingerprint density at radius 3 is 2.52 bits per heavy atom. The molecule has 0 bridgehead atoms. The summed E-state index contributed by atoms with van der Waals surface area (Å²) in [5.74, 6) is 0.349. The van der Waals surface area contributed by atoms with E-state index in [2.05, 4.69) is 9.88 Å². The zero-order chi connectivity index (χ0) is 18.6. The van der Waals surface area contributed by atoms with E-state index in [-0.39, 0.29) is 0 Å². The largest absolute Gasteiger partial charge is 0.431 e. The third-order valence-corrected chi connectivity index (χ3v) is 5.56. The van der Waals surface area contributed by atoms with Crippen molar-refractivity contribution in [1.82, 2.24) is 14.8 Å². The molecule has 140 valence electrons. The molecule has 0 aliphatic carbocycles. The molecule has 5 nitrogen and oxygen atoms in total. The van der Waals surface area contributed by atoms with E-state index in [4.69, 9.17) is 4.74 Å². The number of fused-ring (bicyclic) bond motifs is 1. The molecule has 0 N–H and O–H groups in total. The molecule has 1 fully saturated rings. The summed E-state index contributed by atoms with van der Waals surface area (Å²) in [5, 5.41) is 0.637. The lowest BCUT2D eigenvalue weighted by Gasteiger charge is -2.34. The number of rotatable bonds is 5. The average Bonchev–Trinajstić information content (AvgIpc) is 3.12. The van der Waals surface area contributed by atoms with Crippen molar-refractivity contribution in [2.45, 2.75) is 6.54 Å². The highest BCUT2D eigenvalue weighted by atomic mass is 32.1. The van der Waals surface area contributed by atoms with Gasteiger partial charge in [-0.1, -0.05) is 35.6 Å². The van der Waals surface area contributed by atoms with Gasteiger partial charge in [-0.3, -0.25) is 9.69 Å². The first-order valence-corrected chi connectivity index (χ1v) is 9.71. The van der Waals surface area contributed by atoms with Gasteiger partial charge in [-0.25, -0.2) is 9.37 Å². The van der Waals surface area contributed by atoms with E-state index >= 15 is 0 Å². The highest BCUT2D eigenvalue weighted by molar-refractivity contribution is 7.20. The van der Waals surface area contributed by atoms with Crippen LogP contribution in [-0.4, -0.2) is 53.5 Å². The van der Waals surface area contributed by atoms with Gasteiger partial charge in [0.1, 0.15) is 5.75 Å². The van der Waals surface area contributed by atoms with Gasteiger partial charge in [-0.2, -0.15) is 0 Å². The second kappa shape index (κ2) is 8.02. The summed E-state index contributed by atoms with van der Waals surface area (Å²) in [7, 11) is 0. The molecule has 2 aromatic carbocycles. The Morgan fingerprint density at radius 1 is 1.07 bits per heavy atom. The van der Waals surface area contributed by atoms with Crippen LogP contribution in [0.1, 0.15) is 5.56 Å². The summed E-state index contributed by atoms with van der Waals surface area (Å²) < 4.78 is 19.4. The monoisotopic (exact) mass is 385 g/mol.